The van der Waals surface area contributed by atoms with E-state index in [1.807, 2.05) is 42.5 Å². The summed E-state index contributed by atoms with van der Waals surface area (Å²) >= 11 is 0. The molecule has 0 atom stereocenters. The Kier molecular flexibility index (Phi) is 2.04. The maximum Gasteiger partial charge on any atom is 0.185 e. The molecule has 2 aromatic heterocycles. The maximum atomic E-state index is 5.24. The van der Waals surface area contributed by atoms with Gasteiger partial charge in [-0.25, -0.2) is 0 Å². The predicted molar refractivity (Wildman–Crippen MR) is 59.5 cm³/mol. The predicted octanol–water partition coefficient (Wildman–Crippen LogP) is 2.73. The van der Waals surface area contributed by atoms with Crippen molar-refractivity contribution in [3.63, 3.8) is 0 Å². The van der Waals surface area contributed by atoms with Gasteiger partial charge in [-0.05, 0) is 6.07 Å². The molecule has 2 heterocycles. The first-order valence-corrected chi connectivity index (χ1v) is 4.95. The molecule has 4 nitrogen and oxygen atoms in total. The van der Waals surface area contributed by atoms with Crippen LogP contribution in [0.4, 0.5) is 0 Å². The number of benzene rings is 1. The van der Waals surface area contributed by atoms with Crippen molar-refractivity contribution in [1.29, 1.82) is 0 Å². The Balaban J connectivity index is 2.00. The molecule has 0 bridgehead atoms. The zero-order valence-electron chi connectivity index (χ0n) is 8.42. The molecule has 0 aliphatic carbocycles. The number of aromatic nitrogens is 3. The normalized spacial score (nSPS) is 10.5. The summed E-state index contributed by atoms with van der Waals surface area (Å²) in [6.07, 6.45) is 1.68. The molecule has 16 heavy (non-hydrogen) atoms. The third-order valence-corrected chi connectivity index (χ3v) is 2.35. The fourth-order valence-electron chi connectivity index (χ4n) is 1.54. The van der Waals surface area contributed by atoms with Gasteiger partial charge in [0.1, 0.15) is 11.4 Å². The number of hydrogen-bond donors (Lipinski definition) is 1. The van der Waals surface area contributed by atoms with Crippen LogP contribution in [0.1, 0.15) is 0 Å². The van der Waals surface area contributed by atoms with Crippen LogP contribution in [0.25, 0.3) is 22.7 Å². The molecule has 4 heteroatoms. The Morgan fingerprint density at radius 1 is 1.06 bits per heavy atom. The first-order chi connectivity index (χ1) is 7.93. The van der Waals surface area contributed by atoms with Crippen LogP contribution in [0.2, 0.25) is 0 Å². The maximum absolute atomic E-state index is 5.24. The van der Waals surface area contributed by atoms with Crippen molar-refractivity contribution in [1.82, 2.24) is 15.4 Å². The van der Waals surface area contributed by atoms with Crippen LogP contribution in [0, 0.1) is 0 Å². The SMILES string of the molecule is c1ccc(-c2cc(-c3ccn[nH]3)on2)cc1. The highest BCUT2D eigenvalue weighted by atomic mass is 16.5. The Morgan fingerprint density at radius 3 is 2.69 bits per heavy atom. The van der Waals surface area contributed by atoms with Crippen LogP contribution in [-0.4, -0.2) is 15.4 Å². The fraction of sp³-hybridized carbons (Fsp3) is 0. The summed E-state index contributed by atoms with van der Waals surface area (Å²) in [5.41, 5.74) is 2.69. The van der Waals surface area contributed by atoms with Crippen LogP contribution < -0.4 is 0 Å². The summed E-state index contributed by atoms with van der Waals surface area (Å²) in [7, 11) is 0. The Bertz CT molecular complexity index is 569. The highest BCUT2D eigenvalue weighted by molar-refractivity contribution is 5.64. The van der Waals surface area contributed by atoms with E-state index in [0.29, 0.717) is 5.76 Å². The number of rotatable bonds is 2. The van der Waals surface area contributed by atoms with Gasteiger partial charge in [-0.15, -0.1) is 0 Å². The average Bonchev–Trinajstić information content (AvgIpc) is 3.01. The molecule has 0 radical (unpaired) electrons. The molecule has 0 aliphatic heterocycles. The molecule has 78 valence electrons. The molecule has 0 saturated carbocycles. The van der Waals surface area contributed by atoms with Crippen molar-refractivity contribution < 1.29 is 4.52 Å². The summed E-state index contributed by atoms with van der Waals surface area (Å²) in [6.45, 7) is 0. The molecular weight excluding hydrogens is 202 g/mol. The minimum Gasteiger partial charge on any atom is -0.354 e. The van der Waals surface area contributed by atoms with E-state index in [1.165, 1.54) is 0 Å². The van der Waals surface area contributed by atoms with Crippen LogP contribution in [-0.2, 0) is 0 Å². The zero-order chi connectivity index (χ0) is 10.8. The van der Waals surface area contributed by atoms with Crippen molar-refractivity contribution in [2.75, 3.05) is 0 Å². The van der Waals surface area contributed by atoms with Gasteiger partial charge in [-0.3, -0.25) is 5.10 Å². The van der Waals surface area contributed by atoms with Crippen molar-refractivity contribution in [3.05, 3.63) is 48.7 Å². The van der Waals surface area contributed by atoms with Gasteiger partial charge in [0.25, 0.3) is 0 Å². The second-order valence-electron chi connectivity index (χ2n) is 3.41. The second-order valence-corrected chi connectivity index (χ2v) is 3.41. The minimum atomic E-state index is 0.691. The van der Waals surface area contributed by atoms with Gasteiger partial charge in [0, 0.05) is 17.8 Å². The van der Waals surface area contributed by atoms with Crippen molar-refractivity contribution in [3.8, 4) is 22.7 Å². The van der Waals surface area contributed by atoms with Crippen molar-refractivity contribution in [2.24, 2.45) is 0 Å². The lowest BCUT2D eigenvalue weighted by Crippen LogP contribution is -1.74. The van der Waals surface area contributed by atoms with Gasteiger partial charge in [0.2, 0.25) is 0 Å². The van der Waals surface area contributed by atoms with Crippen molar-refractivity contribution >= 4 is 0 Å². The van der Waals surface area contributed by atoms with E-state index in [-0.39, 0.29) is 0 Å². The molecule has 0 unspecified atom stereocenters. The second kappa shape index (κ2) is 3.66. The number of nitrogens with zero attached hydrogens (tertiary/aromatic N) is 2. The third kappa shape index (κ3) is 1.50. The molecule has 0 fully saturated rings. The number of hydrogen-bond acceptors (Lipinski definition) is 3. The number of aromatic amines is 1. The smallest absolute Gasteiger partial charge is 0.185 e. The molecule has 1 N–H and O–H groups in total. The standard InChI is InChI=1S/C12H9N3O/c1-2-4-9(5-3-1)11-8-12(16-15-11)10-6-7-13-14-10/h1-8H,(H,13,14). The highest BCUT2D eigenvalue weighted by Crippen LogP contribution is 2.23. The van der Waals surface area contributed by atoms with E-state index >= 15 is 0 Å². The summed E-state index contributed by atoms with van der Waals surface area (Å²) in [5, 5.41) is 10.7. The van der Waals surface area contributed by atoms with Gasteiger partial charge in [-0.2, -0.15) is 5.10 Å². The van der Waals surface area contributed by atoms with E-state index in [0.717, 1.165) is 17.0 Å². The number of H-pyrrole nitrogens is 1. The van der Waals surface area contributed by atoms with Crippen LogP contribution in [0.3, 0.4) is 0 Å². The minimum absolute atomic E-state index is 0.691. The van der Waals surface area contributed by atoms with E-state index in [1.54, 1.807) is 6.20 Å². The highest BCUT2D eigenvalue weighted by Gasteiger charge is 2.08. The largest absolute Gasteiger partial charge is 0.354 e. The van der Waals surface area contributed by atoms with Gasteiger partial charge in [-0.1, -0.05) is 35.5 Å². The molecule has 0 saturated heterocycles. The molecular formula is C12H9N3O. The molecule has 0 aliphatic rings. The summed E-state index contributed by atoms with van der Waals surface area (Å²) in [6, 6.07) is 13.6. The van der Waals surface area contributed by atoms with Gasteiger partial charge in [0.15, 0.2) is 5.76 Å². The summed E-state index contributed by atoms with van der Waals surface area (Å²) in [5.74, 6) is 0.691. The van der Waals surface area contributed by atoms with E-state index < -0.39 is 0 Å². The molecule has 0 amide bonds. The third-order valence-electron chi connectivity index (χ3n) is 2.35. The topological polar surface area (TPSA) is 54.7 Å². The Morgan fingerprint density at radius 2 is 1.94 bits per heavy atom. The monoisotopic (exact) mass is 211 g/mol. The Hall–Kier alpha value is -2.36. The average molecular weight is 211 g/mol. The lowest BCUT2D eigenvalue weighted by atomic mass is 10.1. The lowest BCUT2D eigenvalue weighted by Gasteiger charge is -1.91. The lowest BCUT2D eigenvalue weighted by molar-refractivity contribution is 0.433. The van der Waals surface area contributed by atoms with Crippen molar-refractivity contribution in [2.45, 2.75) is 0 Å². The molecule has 0 spiro atoms. The van der Waals surface area contributed by atoms with Crippen LogP contribution in [0.5, 0.6) is 0 Å². The van der Waals surface area contributed by atoms with Gasteiger partial charge >= 0.3 is 0 Å². The van der Waals surface area contributed by atoms with E-state index in [2.05, 4.69) is 15.4 Å². The van der Waals surface area contributed by atoms with E-state index in [9.17, 15) is 0 Å². The molecule has 3 rings (SSSR count). The first kappa shape index (κ1) is 8.91. The Labute approximate surface area is 91.9 Å². The molecule has 3 aromatic rings. The number of nitrogens with one attached hydrogen (secondary N) is 1. The van der Waals surface area contributed by atoms with Crippen LogP contribution in [0.15, 0.2) is 53.2 Å². The quantitative estimate of drug-likeness (QED) is 0.709. The molecule has 1 aromatic carbocycles. The van der Waals surface area contributed by atoms with E-state index in [4.69, 9.17) is 4.52 Å². The van der Waals surface area contributed by atoms with Gasteiger partial charge in [0.05, 0.1) is 0 Å². The zero-order valence-corrected chi connectivity index (χ0v) is 8.42. The summed E-state index contributed by atoms with van der Waals surface area (Å²) in [4.78, 5) is 0. The first-order valence-electron chi connectivity index (χ1n) is 4.95. The van der Waals surface area contributed by atoms with Crippen LogP contribution >= 0.6 is 0 Å². The summed E-state index contributed by atoms with van der Waals surface area (Å²) < 4.78 is 5.24. The fourth-order valence-corrected chi connectivity index (χ4v) is 1.54. The van der Waals surface area contributed by atoms with Gasteiger partial charge < -0.3 is 4.52 Å².